The smallest absolute Gasteiger partial charge is 0.271 e. The normalized spacial score (nSPS) is 14.2. The van der Waals surface area contributed by atoms with E-state index in [2.05, 4.69) is 11.4 Å². The largest absolute Gasteiger partial charge is 0.497 e. The lowest BCUT2D eigenvalue weighted by Crippen LogP contribution is -2.40. The number of hydrogen-bond donors (Lipinski definition) is 1. The van der Waals surface area contributed by atoms with E-state index in [1.54, 1.807) is 30.7 Å². The molecule has 0 aliphatic carbocycles. The molecule has 0 bridgehead atoms. The van der Waals surface area contributed by atoms with Crippen LogP contribution in [0.25, 0.3) is 6.08 Å². The Balaban J connectivity index is 1.42. The van der Waals surface area contributed by atoms with Crippen LogP contribution in [0.5, 0.6) is 11.5 Å². The average Bonchev–Trinajstić information content (AvgIpc) is 3.37. The summed E-state index contributed by atoms with van der Waals surface area (Å²) < 4.78 is 13.5. The molecule has 222 valence electrons. The molecule has 4 aromatic carbocycles. The first-order valence-electron chi connectivity index (χ1n) is 14.2. The molecular formula is C36H28N4O4S. The number of carbonyl (C=O) groups is 1. The molecule has 2 heterocycles. The Morgan fingerprint density at radius 1 is 1.00 bits per heavy atom. The fourth-order valence-electron chi connectivity index (χ4n) is 5.22. The SMILES string of the molecule is COc1ccc([C@H]2C(C(=O)Nc3ccccc3)=C(C)N=c3s/c(=C/c4ccccc4OCc4ccccc4C#N)c(=O)n32)cc1. The van der Waals surface area contributed by atoms with Gasteiger partial charge in [0.05, 0.1) is 40.6 Å². The lowest BCUT2D eigenvalue weighted by Gasteiger charge is -2.25. The molecule has 1 aliphatic heterocycles. The highest BCUT2D eigenvalue weighted by atomic mass is 32.1. The number of fused-ring (bicyclic) bond motifs is 1. The number of nitriles is 1. The molecule has 9 heteroatoms. The minimum absolute atomic E-state index is 0.201. The molecule has 0 unspecified atom stereocenters. The van der Waals surface area contributed by atoms with Gasteiger partial charge >= 0.3 is 0 Å². The molecule has 1 aromatic heterocycles. The maximum atomic E-state index is 14.2. The molecule has 5 aromatic rings. The third-order valence-electron chi connectivity index (χ3n) is 7.46. The maximum absolute atomic E-state index is 14.2. The Hall–Kier alpha value is -5.72. The molecule has 0 saturated carbocycles. The van der Waals surface area contributed by atoms with Gasteiger partial charge in [0.2, 0.25) is 0 Å². The van der Waals surface area contributed by atoms with Crippen LogP contribution in [0.15, 0.2) is 124 Å². The molecule has 0 saturated heterocycles. The van der Waals surface area contributed by atoms with Crippen LogP contribution in [-0.4, -0.2) is 17.6 Å². The van der Waals surface area contributed by atoms with Gasteiger partial charge in [0, 0.05) is 16.8 Å². The monoisotopic (exact) mass is 612 g/mol. The highest BCUT2D eigenvalue weighted by Crippen LogP contribution is 2.32. The molecule has 45 heavy (non-hydrogen) atoms. The minimum atomic E-state index is -0.716. The van der Waals surface area contributed by atoms with Crippen molar-refractivity contribution in [1.82, 2.24) is 4.57 Å². The van der Waals surface area contributed by atoms with Crippen molar-refractivity contribution in [3.63, 3.8) is 0 Å². The van der Waals surface area contributed by atoms with Gasteiger partial charge in [0.1, 0.15) is 18.1 Å². The molecule has 0 fully saturated rings. The fraction of sp³-hybridized carbons (Fsp3) is 0.111. The van der Waals surface area contributed by atoms with E-state index in [9.17, 15) is 14.9 Å². The van der Waals surface area contributed by atoms with E-state index >= 15 is 0 Å². The number of ether oxygens (including phenoxy) is 2. The predicted molar refractivity (Wildman–Crippen MR) is 174 cm³/mol. The molecule has 0 radical (unpaired) electrons. The van der Waals surface area contributed by atoms with Crippen molar-refractivity contribution in [2.24, 2.45) is 4.99 Å². The molecule has 1 atom stereocenters. The van der Waals surface area contributed by atoms with Gasteiger partial charge in [-0.3, -0.25) is 14.2 Å². The van der Waals surface area contributed by atoms with Crippen molar-refractivity contribution < 1.29 is 14.3 Å². The molecule has 0 spiro atoms. The van der Waals surface area contributed by atoms with Gasteiger partial charge in [-0.1, -0.05) is 78.1 Å². The van der Waals surface area contributed by atoms with Crippen LogP contribution in [0.3, 0.4) is 0 Å². The van der Waals surface area contributed by atoms with Gasteiger partial charge < -0.3 is 14.8 Å². The number of hydrogen-bond acceptors (Lipinski definition) is 7. The highest BCUT2D eigenvalue weighted by Gasteiger charge is 2.32. The third-order valence-corrected chi connectivity index (χ3v) is 8.44. The molecule has 1 N–H and O–H groups in total. The molecular weight excluding hydrogens is 584 g/mol. The lowest BCUT2D eigenvalue weighted by atomic mass is 9.95. The number of allylic oxidation sites excluding steroid dienone is 1. The maximum Gasteiger partial charge on any atom is 0.271 e. The molecule has 1 aliphatic rings. The van der Waals surface area contributed by atoms with Crippen LogP contribution in [0.4, 0.5) is 5.69 Å². The number of carbonyl (C=O) groups excluding carboxylic acids is 1. The minimum Gasteiger partial charge on any atom is -0.497 e. The van der Waals surface area contributed by atoms with Crippen LogP contribution in [-0.2, 0) is 11.4 Å². The van der Waals surface area contributed by atoms with Crippen molar-refractivity contribution in [3.05, 3.63) is 156 Å². The zero-order chi connectivity index (χ0) is 31.3. The van der Waals surface area contributed by atoms with Crippen LogP contribution in [0.2, 0.25) is 0 Å². The zero-order valence-electron chi connectivity index (χ0n) is 24.6. The van der Waals surface area contributed by atoms with E-state index < -0.39 is 6.04 Å². The number of anilines is 1. The predicted octanol–water partition coefficient (Wildman–Crippen LogP) is 5.33. The van der Waals surface area contributed by atoms with Crippen LogP contribution in [0.1, 0.15) is 35.2 Å². The van der Waals surface area contributed by atoms with Gasteiger partial charge in [0.15, 0.2) is 4.80 Å². The summed E-state index contributed by atoms with van der Waals surface area (Å²) in [7, 11) is 1.59. The summed E-state index contributed by atoms with van der Waals surface area (Å²) in [6, 6.07) is 32.7. The fourth-order valence-corrected chi connectivity index (χ4v) is 6.25. The molecule has 1 amide bonds. The number of nitrogens with one attached hydrogen (secondary N) is 1. The van der Waals surface area contributed by atoms with Crippen molar-refractivity contribution in [1.29, 1.82) is 5.26 Å². The average molecular weight is 613 g/mol. The molecule has 6 rings (SSSR count). The number of aromatic nitrogens is 1. The van der Waals surface area contributed by atoms with Crippen molar-refractivity contribution >= 4 is 29.0 Å². The van der Waals surface area contributed by atoms with Gasteiger partial charge in [-0.25, -0.2) is 4.99 Å². The standard InChI is InChI=1S/C36H28N4O4S/c1-23-32(34(41)39-28-13-4-3-5-14-28)33(24-16-18-29(43-2)19-17-24)40-35(42)31(45-36(40)38-23)20-25-10-8-9-15-30(25)44-22-27-12-7-6-11-26(27)21-37/h3-20,33H,22H2,1-2H3,(H,39,41)/b31-20+/t33-/m0/s1. The summed E-state index contributed by atoms with van der Waals surface area (Å²) in [4.78, 5) is 33.2. The van der Waals surface area contributed by atoms with Crippen LogP contribution >= 0.6 is 11.3 Å². The summed E-state index contributed by atoms with van der Waals surface area (Å²) in [6.45, 7) is 1.99. The Kier molecular flexibility index (Phi) is 8.40. The zero-order valence-corrected chi connectivity index (χ0v) is 25.4. The van der Waals surface area contributed by atoms with Gasteiger partial charge in [0.25, 0.3) is 11.5 Å². The Bertz CT molecular complexity index is 2140. The lowest BCUT2D eigenvalue weighted by molar-refractivity contribution is -0.113. The third kappa shape index (κ3) is 6.05. The van der Waals surface area contributed by atoms with Gasteiger partial charge in [-0.05, 0) is 55.0 Å². The first kappa shape index (κ1) is 29.4. The van der Waals surface area contributed by atoms with Crippen molar-refractivity contribution in [3.8, 4) is 17.6 Å². The van der Waals surface area contributed by atoms with E-state index in [1.807, 2.05) is 97.1 Å². The number of thiazole rings is 1. The summed E-state index contributed by atoms with van der Waals surface area (Å²) in [5.74, 6) is 0.895. The quantitative estimate of drug-likeness (QED) is 0.255. The molecule has 8 nitrogen and oxygen atoms in total. The Labute approximate surface area is 263 Å². The van der Waals surface area contributed by atoms with E-state index in [0.717, 1.165) is 11.1 Å². The van der Waals surface area contributed by atoms with E-state index in [4.69, 9.17) is 14.5 Å². The highest BCUT2D eigenvalue weighted by molar-refractivity contribution is 7.07. The Morgan fingerprint density at radius 3 is 2.47 bits per heavy atom. The number of rotatable bonds is 8. The number of nitrogens with zero attached hydrogens (tertiary/aromatic N) is 3. The van der Waals surface area contributed by atoms with Crippen molar-refractivity contribution in [2.45, 2.75) is 19.6 Å². The number of benzene rings is 4. The summed E-state index contributed by atoms with van der Waals surface area (Å²) in [5, 5.41) is 12.4. The second-order valence-electron chi connectivity index (χ2n) is 10.3. The van der Waals surface area contributed by atoms with Crippen LogP contribution in [0, 0.1) is 11.3 Å². The number of para-hydroxylation sites is 2. The number of amides is 1. The summed E-state index contributed by atoms with van der Waals surface area (Å²) in [6.07, 6.45) is 1.78. The second-order valence-corrected chi connectivity index (χ2v) is 11.3. The Morgan fingerprint density at radius 2 is 1.71 bits per heavy atom. The first-order valence-corrected chi connectivity index (χ1v) is 15.0. The number of methoxy groups -OCH3 is 1. The van der Waals surface area contributed by atoms with Gasteiger partial charge in [-0.2, -0.15) is 5.26 Å². The summed E-state index contributed by atoms with van der Waals surface area (Å²) >= 11 is 1.25. The topological polar surface area (TPSA) is 106 Å². The van der Waals surface area contributed by atoms with E-state index in [0.29, 0.717) is 48.9 Å². The second kappa shape index (κ2) is 12.9. The van der Waals surface area contributed by atoms with E-state index in [-0.39, 0.29) is 18.1 Å². The van der Waals surface area contributed by atoms with E-state index in [1.165, 1.54) is 11.3 Å². The van der Waals surface area contributed by atoms with Crippen molar-refractivity contribution in [2.75, 3.05) is 12.4 Å². The van der Waals surface area contributed by atoms with Crippen LogP contribution < -0.4 is 29.7 Å². The summed E-state index contributed by atoms with van der Waals surface area (Å²) in [5.41, 5.74) is 4.03. The van der Waals surface area contributed by atoms with Gasteiger partial charge in [-0.15, -0.1) is 0 Å². The first-order chi connectivity index (χ1) is 22.0.